The SMILES string of the molecule is COC(=O)c1ccc2c(c1)nc(-c1ccc(OC(F)(F)F)cc1)c1cccn12. The van der Waals surface area contributed by atoms with Crippen molar-refractivity contribution in [2.24, 2.45) is 0 Å². The number of hydrogen-bond acceptors (Lipinski definition) is 4. The summed E-state index contributed by atoms with van der Waals surface area (Å²) in [4.78, 5) is 16.5. The van der Waals surface area contributed by atoms with E-state index in [9.17, 15) is 18.0 Å². The predicted octanol–water partition coefficient (Wildman–Crippen LogP) is 4.84. The highest BCUT2D eigenvalue weighted by atomic mass is 19.4. The van der Waals surface area contributed by atoms with Crippen LogP contribution in [0.1, 0.15) is 10.4 Å². The Labute approximate surface area is 156 Å². The lowest BCUT2D eigenvalue weighted by atomic mass is 10.1. The Morgan fingerprint density at radius 3 is 2.46 bits per heavy atom. The van der Waals surface area contributed by atoms with Crippen LogP contribution in [0.3, 0.4) is 0 Å². The molecule has 28 heavy (non-hydrogen) atoms. The maximum Gasteiger partial charge on any atom is 0.573 e. The van der Waals surface area contributed by atoms with Crippen LogP contribution in [0.5, 0.6) is 5.75 Å². The molecule has 0 aliphatic rings. The van der Waals surface area contributed by atoms with Crippen molar-refractivity contribution in [1.82, 2.24) is 9.38 Å². The van der Waals surface area contributed by atoms with E-state index in [-0.39, 0.29) is 5.75 Å². The molecule has 2 aromatic carbocycles. The number of carbonyl (C=O) groups is 1. The fourth-order valence-electron chi connectivity index (χ4n) is 3.05. The lowest BCUT2D eigenvalue weighted by molar-refractivity contribution is -0.274. The summed E-state index contributed by atoms with van der Waals surface area (Å²) in [5.74, 6) is -0.789. The first-order valence-corrected chi connectivity index (χ1v) is 8.21. The van der Waals surface area contributed by atoms with Gasteiger partial charge in [0.05, 0.1) is 34.9 Å². The molecule has 4 aromatic rings. The molecule has 142 valence electrons. The predicted molar refractivity (Wildman–Crippen MR) is 96.2 cm³/mol. The van der Waals surface area contributed by atoms with Crippen LogP contribution >= 0.6 is 0 Å². The summed E-state index contributed by atoms with van der Waals surface area (Å²) >= 11 is 0. The van der Waals surface area contributed by atoms with E-state index in [0.29, 0.717) is 22.3 Å². The second kappa shape index (κ2) is 6.56. The number of benzene rings is 2. The van der Waals surface area contributed by atoms with Crippen molar-refractivity contribution in [2.45, 2.75) is 6.36 Å². The molecule has 0 amide bonds. The van der Waals surface area contributed by atoms with E-state index in [1.54, 1.807) is 18.2 Å². The van der Waals surface area contributed by atoms with Gasteiger partial charge in [-0.2, -0.15) is 0 Å². The average molecular weight is 386 g/mol. The Morgan fingerprint density at radius 1 is 1.04 bits per heavy atom. The van der Waals surface area contributed by atoms with Crippen LogP contribution in [0.2, 0.25) is 0 Å². The topological polar surface area (TPSA) is 52.8 Å². The molecule has 0 unspecified atom stereocenters. The number of aromatic nitrogens is 2. The van der Waals surface area contributed by atoms with Gasteiger partial charge in [-0.25, -0.2) is 9.78 Å². The van der Waals surface area contributed by atoms with Crippen molar-refractivity contribution in [3.8, 4) is 17.0 Å². The Bertz CT molecular complexity index is 1180. The number of nitrogens with zero attached hydrogens (tertiary/aromatic N) is 2. The quantitative estimate of drug-likeness (QED) is 0.473. The molecule has 0 saturated heterocycles. The van der Waals surface area contributed by atoms with E-state index in [1.807, 2.05) is 22.7 Å². The number of fused-ring (bicyclic) bond motifs is 3. The number of methoxy groups -OCH3 is 1. The molecule has 0 spiro atoms. The highest BCUT2D eigenvalue weighted by Crippen LogP contribution is 2.30. The monoisotopic (exact) mass is 386 g/mol. The number of alkyl halides is 3. The fraction of sp³-hybridized carbons (Fsp3) is 0.100. The maximum absolute atomic E-state index is 12.4. The third kappa shape index (κ3) is 3.24. The smallest absolute Gasteiger partial charge is 0.465 e. The molecule has 2 aromatic heterocycles. The van der Waals surface area contributed by atoms with Crippen LogP contribution in [0.15, 0.2) is 60.8 Å². The van der Waals surface area contributed by atoms with Crippen LogP contribution in [-0.2, 0) is 4.74 Å². The highest BCUT2D eigenvalue weighted by molar-refractivity contribution is 5.95. The molecule has 0 N–H and O–H groups in total. The highest BCUT2D eigenvalue weighted by Gasteiger charge is 2.31. The van der Waals surface area contributed by atoms with Gasteiger partial charge in [-0.1, -0.05) is 0 Å². The van der Waals surface area contributed by atoms with Gasteiger partial charge in [-0.15, -0.1) is 13.2 Å². The van der Waals surface area contributed by atoms with Gasteiger partial charge in [0, 0.05) is 11.8 Å². The van der Waals surface area contributed by atoms with Crippen LogP contribution in [0.4, 0.5) is 13.2 Å². The third-order valence-electron chi connectivity index (χ3n) is 4.24. The van der Waals surface area contributed by atoms with Crippen LogP contribution in [0, 0.1) is 0 Å². The molecule has 0 fully saturated rings. The molecule has 8 heteroatoms. The molecule has 0 radical (unpaired) electrons. The number of carbonyl (C=O) groups excluding carboxylic acids is 1. The summed E-state index contributed by atoms with van der Waals surface area (Å²) in [6.45, 7) is 0. The molecule has 4 rings (SSSR count). The van der Waals surface area contributed by atoms with E-state index in [4.69, 9.17) is 4.74 Å². The van der Waals surface area contributed by atoms with Gasteiger partial charge in [0.15, 0.2) is 0 Å². The van der Waals surface area contributed by atoms with Crippen LogP contribution < -0.4 is 4.74 Å². The normalized spacial score (nSPS) is 11.7. The second-order valence-corrected chi connectivity index (χ2v) is 5.99. The maximum atomic E-state index is 12.4. The van der Waals surface area contributed by atoms with Gasteiger partial charge in [0.2, 0.25) is 0 Å². The van der Waals surface area contributed by atoms with Gasteiger partial charge < -0.3 is 13.9 Å². The minimum atomic E-state index is -4.75. The Kier molecular flexibility index (Phi) is 4.18. The molecule has 0 bridgehead atoms. The Morgan fingerprint density at radius 2 is 1.79 bits per heavy atom. The fourth-order valence-corrected chi connectivity index (χ4v) is 3.05. The Balaban J connectivity index is 1.85. The molecule has 0 aliphatic carbocycles. The number of rotatable bonds is 3. The third-order valence-corrected chi connectivity index (χ3v) is 4.24. The zero-order valence-electron chi connectivity index (χ0n) is 14.5. The summed E-state index contributed by atoms with van der Waals surface area (Å²) in [6.07, 6.45) is -2.90. The van der Waals surface area contributed by atoms with E-state index in [2.05, 4.69) is 9.72 Å². The average Bonchev–Trinajstić information content (AvgIpc) is 3.15. The summed E-state index contributed by atoms with van der Waals surface area (Å²) < 4.78 is 47.6. The van der Waals surface area contributed by atoms with Gasteiger partial charge in [-0.05, 0) is 54.6 Å². The van der Waals surface area contributed by atoms with Gasteiger partial charge in [-0.3, -0.25) is 0 Å². The van der Waals surface area contributed by atoms with Crippen LogP contribution in [0.25, 0.3) is 27.8 Å². The summed E-state index contributed by atoms with van der Waals surface area (Å²) in [5, 5.41) is 0. The lowest BCUT2D eigenvalue weighted by Crippen LogP contribution is -2.16. The van der Waals surface area contributed by atoms with Gasteiger partial charge in [0.1, 0.15) is 5.75 Å². The van der Waals surface area contributed by atoms with E-state index in [0.717, 1.165) is 11.0 Å². The van der Waals surface area contributed by atoms with Crippen LogP contribution in [-0.4, -0.2) is 28.8 Å². The number of hydrogen-bond donors (Lipinski definition) is 0. The molecule has 5 nitrogen and oxygen atoms in total. The van der Waals surface area contributed by atoms with Crippen molar-refractivity contribution in [3.05, 3.63) is 66.4 Å². The van der Waals surface area contributed by atoms with Crippen molar-refractivity contribution in [3.63, 3.8) is 0 Å². The number of ether oxygens (including phenoxy) is 2. The largest absolute Gasteiger partial charge is 0.573 e. The van der Waals surface area contributed by atoms with Crippen molar-refractivity contribution >= 4 is 22.5 Å². The first-order valence-electron chi connectivity index (χ1n) is 8.21. The first kappa shape index (κ1) is 17.8. The summed E-state index contributed by atoms with van der Waals surface area (Å²) in [5.41, 5.74) is 3.66. The zero-order valence-corrected chi connectivity index (χ0v) is 14.5. The molecule has 0 atom stereocenters. The standard InChI is InChI=1S/C20H13F3N2O3/c1-27-19(26)13-6-9-16-15(11-13)24-18(17-3-2-10-25(16)17)12-4-7-14(8-5-12)28-20(21,22)23/h2-11H,1H3. The molecular weight excluding hydrogens is 373 g/mol. The van der Waals surface area contributed by atoms with Crippen molar-refractivity contribution in [1.29, 1.82) is 0 Å². The first-order chi connectivity index (χ1) is 13.4. The molecular formula is C20H13F3N2O3. The van der Waals surface area contributed by atoms with E-state index in [1.165, 1.54) is 31.4 Å². The van der Waals surface area contributed by atoms with Crippen molar-refractivity contribution < 1.29 is 27.4 Å². The number of esters is 1. The summed E-state index contributed by atoms with van der Waals surface area (Å²) in [6, 6.07) is 14.2. The van der Waals surface area contributed by atoms with E-state index >= 15 is 0 Å². The van der Waals surface area contributed by atoms with Gasteiger partial charge in [0.25, 0.3) is 0 Å². The minimum Gasteiger partial charge on any atom is -0.465 e. The minimum absolute atomic E-state index is 0.309. The molecule has 0 aliphatic heterocycles. The van der Waals surface area contributed by atoms with E-state index < -0.39 is 12.3 Å². The van der Waals surface area contributed by atoms with Gasteiger partial charge >= 0.3 is 12.3 Å². The van der Waals surface area contributed by atoms with Crippen molar-refractivity contribution in [2.75, 3.05) is 7.11 Å². The number of halogens is 3. The second-order valence-electron chi connectivity index (χ2n) is 5.99. The Hall–Kier alpha value is -3.55. The zero-order chi connectivity index (χ0) is 19.9. The molecule has 2 heterocycles. The summed E-state index contributed by atoms with van der Waals surface area (Å²) in [7, 11) is 1.30. The molecule has 0 saturated carbocycles. The lowest BCUT2D eigenvalue weighted by Gasteiger charge is -2.11.